The van der Waals surface area contributed by atoms with Crippen molar-refractivity contribution in [3.05, 3.63) is 41.5 Å². The molecule has 1 aliphatic rings. The maximum Gasteiger partial charge on any atom is 0.328 e. The van der Waals surface area contributed by atoms with Crippen LogP contribution in [0.5, 0.6) is 0 Å². The third-order valence-corrected chi connectivity index (χ3v) is 3.49. The highest BCUT2D eigenvalue weighted by Gasteiger charge is 2.14. The van der Waals surface area contributed by atoms with Gasteiger partial charge in [0.25, 0.3) is 0 Å². The Labute approximate surface area is 113 Å². The molecule has 0 unspecified atom stereocenters. The molecule has 1 aromatic carbocycles. The highest BCUT2D eigenvalue weighted by molar-refractivity contribution is 5.85. The van der Waals surface area contributed by atoms with Gasteiger partial charge in [0.05, 0.1) is 12.7 Å². The second-order valence-electron chi connectivity index (χ2n) is 4.94. The standard InChI is InChI=1S/C16H20O3/c17-16(18)11-10-13-6-4-5-7-14(13)12-19-15-8-2-1-3-9-15/h4-7,10-11,15H,1-3,8-9,12H2,(H,17,18)/b11-10+. The Morgan fingerprint density at radius 1 is 1.26 bits per heavy atom. The molecule has 1 N–H and O–H groups in total. The van der Waals surface area contributed by atoms with Crippen LogP contribution in [0.2, 0.25) is 0 Å². The molecule has 0 radical (unpaired) electrons. The minimum absolute atomic E-state index is 0.366. The van der Waals surface area contributed by atoms with Crippen LogP contribution < -0.4 is 0 Å². The number of carboxylic acids is 1. The highest BCUT2D eigenvalue weighted by Crippen LogP contribution is 2.22. The molecule has 0 amide bonds. The van der Waals surface area contributed by atoms with Gasteiger partial charge in [-0.1, -0.05) is 43.5 Å². The molecule has 1 fully saturated rings. The smallest absolute Gasteiger partial charge is 0.328 e. The van der Waals surface area contributed by atoms with Crippen LogP contribution in [0.4, 0.5) is 0 Å². The first-order valence-corrected chi connectivity index (χ1v) is 6.86. The predicted octanol–water partition coefficient (Wildman–Crippen LogP) is 3.63. The summed E-state index contributed by atoms with van der Waals surface area (Å²) in [7, 11) is 0. The number of benzene rings is 1. The summed E-state index contributed by atoms with van der Waals surface area (Å²) in [5, 5.41) is 8.68. The monoisotopic (exact) mass is 260 g/mol. The molecule has 102 valence electrons. The van der Waals surface area contributed by atoms with Gasteiger partial charge in [0.15, 0.2) is 0 Å². The van der Waals surface area contributed by atoms with Gasteiger partial charge in [-0.3, -0.25) is 0 Å². The third-order valence-electron chi connectivity index (χ3n) is 3.49. The number of aliphatic carboxylic acids is 1. The molecule has 3 heteroatoms. The lowest BCUT2D eigenvalue weighted by atomic mass is 9.98. The Kier molecular flexibility index (Phi) is 5.16. The van der Waals surface area contributed by atoms with E-state index in [4.69, 9.17) is 9.84 Å². The van der Waals surface area contributed by atoms with E-state index >= 15 is 0 Å². The van der Waals surface area contributed by atoms with Crippen molar-refractivity contribution < 1.29 is 14.6 Å². The van der Waals surface area contributed by atoms with E-state index < -0.39 is 5.97 Å². The van der Waals surface area contributed by atoms with Gasteiger partial charge in [0.1, 0.15) is 0 Å². The second-order valence-corrected chi connectivity index (χ2v) is 4.94. The molecule has 0 heterocycles. The molecule has 1 saturated carbocycles. The molecule has 0 spiro atoms. The van der Waals surface area contributed by atoms with Crippen molar-refractivity contribution in [2.45, 2.75) is 44.8 Å². The number of carbonyl (C=O) groups is 1. The largest absolute Gasteiger partial charge is 0.478 e. The van der Waals surface area contributed by atoms with E-state index in [2.05, 4.69) is 0 Å². The van der Waals surface area contributed by atoms with Gasteiger partial charge >= 0.3 is 5.97 Å². The maximum atomic E-state index is 10.6. The highest BCUT2D eigenvalue weighted by atomic mass is 16.5. The first-order chi connectivity index (χ1) is 9.25. The Bertz CT molecular complexity index is 445. The van der Waals surface area contributed by atoms with Gasteiger partial charge in [-0.2, -0.15) is 0 Å². The quantitative estimate of drug-likeness (QED) is 0.822. The van der Waals surface area contributed by atoms with Gasteiger partial charge < -0.3 is 9.84 Å². The van der Waals surface area contributed by atoms with Crippen LogP contribution in [-0.4, -0.2) is 17.2 Å². The average molecular weight is 260 g/mol. The maximum absolute atomic E-state index is 10.6. The van der Waals surface area contributed by atoms with E-state index in [0.29, 0.717) is 12.7 Å². The van der Waals surface area contributed by atoms with Crippen molar-refractivity contribution in [3.8, 4) is 0 Å². The van der Waals surface area contributed by atoms with Crippen LogP contribution in [0, 0.1) is 0 Å². The Balaban J connectivity index is 1.96. The number of ether oxygens (including phenoxy) is 1. The molecule has 0 saturated heterocycles. The summed E-state index contributed by atoms with van der Waals surface area (Å²) in [6, 6.07) is 7.77. The summed E-state index contributed by atoms with van der Waals surface area (Å²) in [4.78, 5) is 10.6. The summed E-state index contributed by atoms with van der Waals surface area (Å²) in [5.41, 5.74) is 1.96. The SMILES string of the molecule is O=C(O)/C=C/c1ccccc1COC1CCCCC1. The topological polar surface area (TPSA) is 46.5 Å². The molecule has 19 heavy (non-hydrogen) atoms. The van der Waals surface area contributed by atoms with Gasteiger partial charge in [0.2, 0.25) is 0 Å². The van der Waals surface area contributed by atoms with E-state index in [1.165, 1.54) is 25.3 Å². The first kappa shape index (κ1) is 13.8. The van der Waals surface area contributed by atoms with Crippen molar-refractivity contribution in [1.82, 2.24) is 0 Å². The zero-order chi connectivity index (χ0) is 13.5. The molecule has 1 aromatic rings. The summed E-state index contributed by atoms with van der Waals surface area (Å²) < 4.78 is 5.94. The summed E-state index contributed by atoms with van der Waals surface area (Å²) >= 11 is 0. The fourth-order valence-corrected chi connectivity index (χ4v) is 2.43. The number of hydrogen-bond acceptors (Lipinski definition) is 2. The van der Waals surface area contributed by atoms with Gasteiger partial charge in [-0.15, -0.1) is 0 Å². The molecule has 2 rings (SSSR count). The molecular formula is C16H20O3. The van der Waals surface area contributed by atoms with Crippen LogP contribution in [0.1, 0.15) is 43.2 Å². The van der Waals surface area contributed by atoms with E-state index in [-0.39, 0.29) is 0 Å². The average Bonchev–Trinajstić information content (AvgIpc) is 2.45. The van der Waals surface area contributed by atoms with Crippen LogP contribution in [-0.2, 0) is 16.1 Å². The van der Waals surface area contributed by atoms with Crippen molar-refractivity contribution in [3.63, 3.8) is 0 Å². The summed E-state index contributed by atoms with van der Waals surface area (Å²) in [5.74, 6) is -0.928. The van der Waals surface area contributed by atoms with Crippen LogP contribution >= 0.6 is 0 Å². The molecule has 0 aliphatic heterocycles. The molecule has 1 aliphatic carbocycles. The van der Waals surface area contributed by atoms with Crippen molar-refractivity contribution in [2.75, 3.05) is 0 Å². The number of hydrogen-bond donors (Lipinski definition) is 1. The van der Waals surface area contributed by atoms with E-state index in [9.17, 15) is 4.79 Å². The molecule has 0 atom stereocenters. The number of carboxylic acid groups (broad SMARTS) is 1. The van der Waals surface area contributed by atoms with Crippen LogP contribution in [0.15, 0.2) is 30.3 Å². The zero-order valence-corrected chi connectivity index (χ0v) is 11.0. The minimum atomic E-state index is -0.928. The molecular weight excluding hydrogens is 240 g/mol. The van der Waals surface area contributed by atoms with E-state index in [1.54, 1.807) is 6.08 Å². The summed E-state index contributed by atoms with van der Waals surface area (Å²) in [6.07, 6.45) is 9.28. The second kappa shape index (κ2) is 7.10. The lowest BCUT2D eigenvalue weighted by Crippen LogP contribution is -2.16. The third kappa shape index (κ3) is 4.52. The first-order valence-electron chi connectivity index (χ1n) is 6.86. The predicted molar refractivity (Wildman–Crippen MR) is 74.8 cm³/mol. The summed E-state index contributed by atoms with van der Waals surface area (Å²) in [6.45, 7) is 0.560. The Morgan fingerprint density at radius 3 is 2.74 bits per heavy atom. The lowest BCUT2D eigenvalue weighted by molar-refractivity contribution is -0.131. The lowest BCUT2D eigenvalue weighted by Gasteiger charge is -2.22. The fourth-order valence-electron chi connectivity index (χ4n) is 2.43. The molecule has 3 nitrogen and oxygen atoms in total. The normalized spacial score (nSPS) is 16.8. The van der Waals surface area contributed by atoms with Crippen molar-refractivity contribution in [1.29, 1.82) is 0 Å². The molecule has 0 bridgehead atoms. The van der Waals surface area contributed by atoms with Gasteiger partial charge in [-0.25, -0.2) is 4.79 Å². The van der Waals surface area contributed by atoms with Crippen molar-refractivity contribution >= 4 is 12.0 Å². The Morgan fingerprint density at radius 2 is 2.00 bits per heavy atom. The van der Waals surface area contributed by atoms with Crippen molar-refractivity contribution in [2.24, 2.45) is 0 Å². The van der Waals surface area contributed by atoms with Crippen LogP contribution in [0.3, 0.4) is 0 Å². The van der Waals surface area contributed by atoms with E-state index in [1.807, 2.05) is 24.3 Å². The Hall–Kier alpha value is -1.61. The van der Waals surface area contributed by atoms with Gasteiger partial charge in [0, 0.05) is 6.08 Å². The zero-order valence-electron chi connectivity index (χ0n) is 11.0. The van der Waals surface area contributed by atoms with Gasteiger partial charge in [-0.05, 0) is 30.0 Å². The fraction of sp³-hybridized carbons (Fsp3) is 0.438. The molecule has 0 aromatic heterocycles. The van der Waals surface area contributed by atoms with Crippen LogP contribution in [0.25, 0.3) is 6.08 Å². The van der Waals surface area contributed by atoms with E-state index in [0.717, 1.165) is 24.0 Å². The number of rotatable bonds is 5. The minimum Gasteiger partial charge on any atom is -0.478 e.